The summed E-state index contributed by atoms with van der Waals surface area (Å²) in [5.41, 5.74) is 0. The van der Waals surface area contributed by atoms with Crippen LogP contribution in [0.1, 0.15) is 19.3 Å². The van der Waals surface area contributed by atoms with E-state index in [1.807, 2.05) is 0 Å². The van der Waals surface area contributed by atoms with E-state index in [4.69, 9.17) is 0 Å². The van der Waals surface area contributed by atoms with E-state index >= 15 is 0 Å². The van der Waals surface area contributed by atoms with Gasteiger partial charge < -0.3 is 9.02 Å². The maximum absolute atomic E-state index is 11.0. The van der Waals surface area contributed by atoms with Crippen molar-refractivity contribution in [2.45, 2.75) is 19.3 Å². The topological polar surface area (TPSA) is 72.9 Å². The van der Waals surface area contributed by atoms with Crippen LogP contribution in [0, 0.1) is 0 Å². The van der Waals surface area contributed by atoms with Gasteiger partial charge in [0.2, 0.25) is 0 Å². The number of rotatable bonds is 4. The van der Waals surface area contributed by atoms with E-state index in [-0.39, 0.29) is 25.9 Å². The molecule has 0 N–H and O–H groups in total. The molecule has 0 saturated carbocycles. The fraction of sp³-hybridized carbons (Fsp3) is 0.571. The number of hydrogen-bond acceptors (Lipinski definition) is 6. The third-order valence-corrected chi connectivity index (χ3v) is 1.78. The molecule has 2 amide bonds. The third kappa shape index (κ3) is 2.71. The molecule has 1 aliphatic heterocycles. The van der Waals surface area contributed by atoms with Crippen LogP contribution in [0.15, 0.2) is 0 Å². The Morgan fingerprint density at radius 3 is 2.43 bits per heavy atom. The van der Waals surface area contributed by atoms with E-state index < -0.39 is 17.8 Å². The van der Waals surface area contributed by atoms with E-state index in [0.717, 1.165) is 0 Å². The molecule has 1 saturated heterocycles. The Morgan fingerprint density at radius 2 is 1.93 bits per heavy atom. The highest BCUT2D eigenvalue weighted by atomic mass is 32.1. The summed E-state index contributed by atoms with van der Waals surface area (Å²) >= 11 is 3.42. The summed E-state index contributed by atoms with van der Waals surface area (Å²) in [6, 6.07) is 0. The van der Waals surface area contributed by atoms with Crippen molar-refractivity contribution >= 4 is 30.7 Å². The van der Waals surface area contributed by atoms with Crippen molar-refractivity contribution in [2.75, 3.05) is 6.61 Å². The van der Waals surface area contributed by atoms with Gasteiger partial charge in [-0.05, 0) is 12.9 Å². The van der Waals surface area contributed by atoms with Crippen molar-refractivity contribution in [1.29, 1.82) is 0 Å². The van der Waals surface area contributed by atoms with Crippen LogP contribution in [0.2, 0.25) is 0 Å². The Kier molecular flexibility index (Phi) is 3.90. The van der Waals surface area contributed by atoms with Gasteiger partial charge in [-0.3, -0.25) is 9.59 Å². The van der Waals surface area contributed by atoms with Crippen LogP contribution in [-0.2, 0) is 23.4 Å². The maximum Gasteiger partial charge on any atom is 0.335 e. The van der Waals surface area contributed by atoms with Crippen molar-refractivity contribution in [3.63, 3.8) is 0 Å². The molecule has 0 unspecified atom stereocenters. The molecule has 78 valence electrons. The van der Waals surface area contributed by atoms with Crippen LogP contribution < -0.4 is 0 Å². The van der Waals surface area contributed by atoms with Gasteiger partial charge in [-0.25, -0.2) is 4.79 Å². The summed E-state index contributed by atoms with van der Waals surface area (Å²) in [5.74, 6) is -1.67. The van der Waals surface area contributed by atoms with Crippen molar-refractivity contribution < 1.29 is 23.4 Å². The molecule has 0 aromatic rings. The molecule has 7 heteroatoms. The summed E-state index contributed by atoms with van der Waals surface area (Å²) in [4.78, 5) is 37.4. The number of nitrogens with zero attached hydrogens (tertiary/aromatic N) is 1. The van der Waals surface area contributed by atoms with Crippen LogP contribution in [0.5, 0.6) is 0 Å². The van der Waals surface area contributed by atoms with Crippen molar-refractivity contribution in [1.82, 2.24) is 5.06 Å². The smallest absolute Gasteiger partial charge is 0.330 e. The summed E-state index contributed by atoms with van der Waals surface area (Å²) in [6.45, 7) is 0.0676. The van der Waals surface area contributed by atoms with E-state index in [9.17, 15) is 14.4 Å². The van der Waals surface area contributed by atoms with Gasteiger partial charge in [0, 0.05) is 12.8 Å². The number of imide groups is 1. The molecular formula is C7H9NO5S. The van der Waals surface area contributed by atoms with Gasteiger partial charge in [0.25, 0.3) is 11.8 Å². The lowest BCUT2D eigenvalue weighted by atomic mass is 10.4. The number of amides is 2. The van der Waals surface area contributed by atoms with Crippen molar-refractivity contribution in [2.24, 2.45) is 0 Å². The molecule has 0 aromatic carbocycles. The Labute approximate surface area is 85.7 Å². The zero-order chi connectivity index (χ0) is 10.6. The van der Waals surface area contributed by atoms with Crippen molar-refractivity contribution in [3.8, 4) is 0 Å². The first-order valence-electron chi connectivity index (χ1n) is 3.98. The quantitative estimate of drug-likeness (QED) is 0.404. The van der Waals surface area contributed by atoms with Gasteiger partial charge in [-0.2, -0.15) is 0 Å². The number of thiol groups is 1. The highest BCUT2D eigenvalue weighted by Crippen LogP contribution is 2.12. The lowest BCUT2D eigenvalue weighted by Gasteiger charge is -2.11. The van der Waals surface area contributed by atoms with Crippen LogP contribution in [0.25, 0.3) is 0 Å². The second-order valence-electron chi connectivity index (χ2n) is 2.63. The van der Waals surface area contributed by atoms with E-state index in [1.54, 1.807) is 0 Å². The summed E-state index contributed by atoms with van der Waals surface area (Å²) < 4.78 is 4.34. The summed E-state index contributed by atoms with van der Waals surface area (Å²) in [6.07, 6.45) is 0.130. The van der Waals surface area contributed by atoms with E-state index in [2.05, 4.69) is 21.9 Å². The first-order valence-corrected chi connectivity index (χ1v) is 4.34. The lowest BCUT2D eigenvalue weighted by molar-refractivity contribution is -0.197. The molecule has 0 aliphatic carbocycles. The number of hydroxylamine groups is 2. The van der Waals surface area contributed by atoms with Crippen LogP contribution in [-0.4, -0.2) is 29.5 Å². The minimum absolute atomic E-state index is 0.0550. The molecule has 0 bridgehead atoms. The molecule has 1 aliphatic rings. The minimum Gasteiger partial charge on any atom is -0.330 e. The third-order valence-electron chi connectivity index (χ3n) is 1.60. The van der Waals surface area contributed by atoms with Crippen LogP contribution in [0.4, 0.5) is 0 Å². The molecule has 0 radical (unpaired) electrons. The Bertz CT molecular complexity index is 251. The fourth-order valence-electron chi connectivity index (χ4n) is 0.934. The average Bonchev–Trinajstić information content (AvgIpc) is 2.46. The predicted octanol–water partition coefficient (Wildman–Crippen LogP) is -0.155. The van der Waals surface area contributed by atoms with Crippen LogP contribution in [0.3, 0.4) is 0 Å². The van der Waals surface area contributed by atoms with Gasteiger partial charge in [0.1, 0.15) is 0 Å². The molecule has 1 rings (SSSR count). The minimum atomic E-state index is -0.692. The maximum atomic E-state index is 11.0. The molecule has 14 heavy (non-hydrogen) atoms. The second kappa shape index (κ2) is 4.97. The monoisotopic (exact) mass is 219 g/mol. The predicted molar refractivity (Wildman–Crippen MR) is 46.7 cm³/mol. The van der Waals surface area contributed by atoms with Gasteiger partial charge >= 0.3 is 5.97 Å². The first-order chi connectivity index (χ1) is 6.65. The SMILES string of the molecule is O=C(CCOS)ON1C(=O)CCC1=O. The average molecular weight is 219 g/mol. The molecule has 0 spiro atoms. The van der Waals surface area contributed by atoms with Gasteiger partial charge in [0.05, 0.1) is 13.0 Å². The van der Waals surface area contributed by atoms with Gasteiger partial charge in [-0.1, -0.05) is 0 Å². The highest BCUT2D eigenvalue weighted by molar-refractivity contribution is 7.75. The van der Waals surface area contributed by atoms with E-state index in [1.165, 1.54) is 0 Å². The summed E-state index contributed by atoms with van der Waals surface area (Å²) in [5, 5.41) is 0.501. The zero-order valence-electron chi connectivity index (χ0n) is 7.26. The number of carbonyl (C=O) groups excluding carboxylic acids is 3. The molecule has 1 fully saturated rings. The standard InChI is InChI=1S/C7H9NO5S/c9-5-1-2-6(10)8(5)13-7(11)3-4-12-14/h14H,1-4H2. The highest BCUT2D eigenvalue weighted by Gasteiger charge is 2.32. The Balaban J connectivity index is 2.39. The van der Waals surface area contributed by atoms with Crippen molar-refractivity contribution in [3.05, 3.63) is 0 Å². The largest absolute Gasteiger partial charge is 0.335 e. The molecule has 1 heterocycles. The zero-order valence-corrected chi connectivity index (χ0v) is 8.16. The number of hydrogen-bond donors (Lipinski definition) is 1. The fourth-order valence-corrected chi connectivity index (χ4v) is 1.03. The van der Waals surface area contributed by atoms with Gasteiger partial charge in [-0.15, -0.1) is 5.06 Å². The van der Waals surface area contributed by atoms with Crippen LogP contribution >= 0.6 is 12.9 Å². The Hall–Kier alpha value is -1.08. The Morgan fingerprint density at radius 1 is 1.36 bits per heavy atom. The molecular weight excluding hydrogens is 210 g/mol. The second-order valence-corrected chi connectivity index (χ2v) is 2.89. The lowest BCUT2D eigenvalue weighted by Crippen LogP contribution is -2.32. The van der Waals surface area contributed by atoms with Gasteiger partial charge in [0.15, 0.2) is 0 Å². The molecule has 0 atom stereocenters. The van der Waals surface area contributed by atoms with E-state index in [0.29, 0.717) is 5.06 Å². The first kappa shape index (κ1) is 11.0. The number of carbonyl (C=O) groups is 3. The normalized spacial score (nSPS) is 16.2. The molecule has 0 aromatic heterocycles. The summed E-state index contributed by atoms with van der Waals surface area (Å²) in [7, 11) is 0. The molecule has 6 nitrogen and oxygen atoms in total.